The summed E-state index contributed by atoms with van der Waals surface area (Å²) in [6, 6.07) is 18.3. The van der Waals surface area contributed by atoms with Crippen LogP contribution in [0.1, 0.15) is 71.1 Å². The summed E-state index contributed by atoms with van der Waals surface area (Å²) in [7, 11) is 0. The molecule has 0 bridgehead atoms. The molecule has 9 heteroatoms. The smallest absolute Gasteiger partial charge is 0.349 e. The van der Waals surface area contributed by atoms with Crippen LogP contribution in [0.25, 0.3) is 11.1 Å². The number of hydrazine groups is 1. The maximum absolute atomic E-state index is 14.3. The number of aryl methyl sites for hydroxylation is 2. The molecule has 222 valence electrons. The Morgan fingerprint density at radius 1 is 1.02 bits per heavy atom. The van der Waals surface area contributed by atoms with Crippen LogP contribution in [0.2, 0.25) is 5.02 Å². The quantitative estimate of drug-likeness (QED) is 0.296. The Labute approximate surface area is 249 Å². The summed E-state index contributed by atoms with van der Waals surface area (Å²) < 4.78 is 41.9. The zero-order chi connectivity index (χ0) is 30.0. The second kappa shape index (κ2) is 12.5. The molecule has 2 aliphatic rings. The highest BCUT2D eigenvalue weighted by Gasteiger charge is 2.43. The maximum Gasteiger partial charge on any atom is 0.407 e. The van der Waals surface area contributed by atoms with E-state index in [1.54, 1.807) is 18.2 Å². The van der Waals surface area contributed by atoms with Crippen LogP contribution < -0.4 is 5.32 Å². The van der Waals surface area contributed by atoms with Crippen molar-refractivity contribution >= 4 is 23.4 Å². The van der Waals surface area contributed by atoms with Crippen molar-refractivity contribution in [3.63, 3.8) is 0 Å². The van der Waals surface area contributed by atoms with Gasteiger partial charge in [-0.1, -0.05) is 73.5 Å². The van der Waals surface area contributed by atoms with E-state index in [1.807, 2.05) is 49.4 Å². The number of fused-ring (bicyclic) bond motifs is 3. The second-order valence-electron chi connectivity index (χ2n) is 11.2. The number of nitrogens with one attached hydrogen (secondary N) is 1. The first-order chi connectivity index (χ1) is 20.1. The fraction of sp³-hybridized carbons (Fsp3) is 0.394. The van der Waals surface area contributed by atoms with E-state index in [-0.39, 0.29) is 25.0 Å². The number of carbonyl (C=O) groups excluding carboxylic acids is 2. The van der Waals surface area contributed by atoms with Crippen molar-refractivity contribution in [2.24, 2.45) is 0 Å². The Morgan fingerprint density at radius 3 is 2.45 bits per heavy atom. The molecule has 2 amide bonds. The minimum Gasteiger partial charge on any atom is -0.349 e. The summed E-state index contributed by atoms with van der Waals surface area (Å²) in [4.78, 5) is 27.2. The van der Waals surface area contributed by atoms with Crippen molar-refractivity contribution in [2.75, 3.05) is 19.6 Å². The lowest BCUT2D eigenvalue weighted by Crippen LogP contribution is -2.56. The maximum atomic E-state index is 14.3. The molecule has 3 aromatic rings. The number of hydrogen-bond acceptors (Lipinski definition) is 3. The molecule has 1 aliphatic heterocycles. The Balaban J connectivity index is 1.39. The second-order valence-corrected chi connectivity index (χ2v) is 11.6. The van der Waals surface area contributed by atoms with Crippen LogP contribution in [-0.2, 0) is 11.2 Å². The largest absolute Gasteiger partial charge is 0.407 e. The van der Waals surface area contributed by atoms with Gasteiger partial charge in [-0.05, 0) is 78.1 Å². The monoisotopic (exact) mass is 597 g/mol. The van der Waals surface area contributed by atoms with Gasteiger partial charge in [0, 0.05) is 29.7 Å². The molecule has 1 saturated heterocycles. The van der Waals surface area contributed by atoms with Crippen LogP contribution in [0.3, 0.4) is 0 Å². The molecule has 3 aromatic carbocycles. The summed E-state index contributed by atoms with van der Waals surface area (Å²) in [5.74, 6) is -1.65. The van der Waals surface area contributed by atoms with Gasteiger partial charge in [-0.25, -0.2) is 5.01 Å². The Bertz CT molecular complexity index is 1470. The van der Waals surface area contributed by atoms with Crippen LogP contribution >= 0.6 is 11.6 Å². The molecule has 1 N–H and O–H groups in total. The van der Waals surface area contributed by atoms with Gasteiger partial charge in [0.1, 0.15) is 6.54 Å². The fourth-order valence-electron chi connectivity index (χ4n) is 6.17. The van der Waals surface area contributed by atoms with Gasteiger partial charge >= 0.3 is 6.18 Å². The average molecular weight is 598 g/mol. The van der Waals surface area contributed by atoms with E-state index in [0.717, 1.165) is 57.7 Å². The third kappa shape index (κ3) is 6.35. The lowest BCUT2D eigenvalue weighted by molar-refractivity contribution is -0.194. The summed E-state index contributed by atoms with van der Waals surface area (Å²) in [6.45, 7) is 2.96. The molecule has 42 heavy (non-hydrogen) atoms. The highest BCUT2D eigenvalue weighted by molar-refractivity contribution is 6.31. The van der Waals surface area contributed by atoms with Crippen LogP contribution in [-0.4, -0.2) is 53.7 Å². The van der Waals surface area contributed by atoms with E-state index in [9.17, 15) is 22.8 Å². The minimum atomic E-state index is -4.58. The molecule has 0 spiro atoms. The van der Waals surface area contributed by atoms with Gasteiger partial charge in [0.05, 0.1) is 5.92 Å². The predicted octanol–water partition coefficient (Wildman–Crippen LogP) is 7.30. The summed E-state index contributed by atoms with van der Waals surface area (Å²) in [5, 5.41) is 5.87. The number of nitrogens with zero attached hydrogens (tertiary/aromatic N) is 2. The molecule has 0 aromatic heterocycles. The lowest BCUT2D eigenvalue weighted by atomic mass is 9.89. The summed E-state index contributed by atoms with van der Waals surface area (Å²) in [6.07, 6.45) is -1.10. The number of halogens is 4. The Hall–Kier alpha value is -3.36. The number of carbonyl (C=O) groups is 2. The average Bonchev–Trinajstić information content (AvgIpc) is 3.31. The van der Waals surface area contributed by atoms with Crippen molar-refractivity contribution in [1.82, 2.24) is 15.3 Å². The van der Waals surface area contributed by atoms with Crippen molar-refractivity contribution in [3.8, 4) is 11.1 Å². The van der Waals surface area contributed by atoms with Gasteiger partial charge in [-0.2, -0.15) is 13.2 Å². The van der Waals surface area contributed by atoms with Gasteiger partial charge < -0.3 is 5.32 Å². The number of rotatable bonds is 8. The van der Waals surface area contributed by atoms with Crippen LogP contribution in [0, 0.1) is 6.92 Å². The molecule has 0 saturated carbocycles. The van der Waals surface area contributed by atoms with E-state index in [4.69, 9.17) is 11.6 Å². The fourth-order valence-corrected chi connectivity index (χ4v) is 6.34. The van der Waals surface area contributed by atoms with E-state index in [2.05, 4.69) is 12.2 Å². The zero-order valence-electron chi connectivity index (χ0n) is 23.8. The van der Waals surface area contributed by atoms with Gasteiger partial charge in [-0.3, -0.25) is 14.6 Å². The number of benzene rings is 3. The van der Waals surface area contributed by atoms with Gasteiger partial charge in [0.2, 0.25) is 5.91 Å². The SMILES string of the molecule is CCCCc1cccc2c1C(C(=O)N(CC(F)(F)F)N1CCC(NC(=O)c3cc(Cl)ccc3C)CC1)c1ccccc1-2. The van der Waals surface area contributed by atoms with E-state index in [0.29, 0.717) is 23.4 Å². The van der Waals surface area contributed by atoms with Crippen LogP contribution in [0.15, 0.2) is 60.7 Å². The molecule has 1 atom stereocenters. The third-order valence-corrected chi connectivity index (χ3v) is 8.50. The molecule has 0 radical (unpaired) electrons. The van der Waals surface area contributed by atoms with Crippen molar-refractivity contribution in [2.45, 2.75) is 64.1 Å². The highest BCUT2D eigenvalue weighted by atomic mass is 35.5. The predicted molar refractivity (Wildman–Crippen MR) is 158 cm³/mol. The Morgan fingerprint density at radius 2 is 1.74 bits per heavy atom. The van der Waals surface area contributed by atoms with Crippen LogP contribution in [0.4, 0.5) is 13.2 Å². The van der Waals surface area contributed by atoms with Crippen molar-refractivity contribution in [3.05, 3.63) is 93.5 Å². The first kappa shape index (κ1) is 30.1. The number of piperidine rings is 1. The Kier molecular flexibility index (Phi) is 8.94. The molecule has 1 aliphatic carbocycles. The van der Waals surface area contributed by atoms with Gasteiger partial charge in [-0.15, -0.1) is 0 Å². The zero-order valence-corrected chi connectivity index (χ0v) is 24.6. The van der Waals surface area contributed by atoms with Gasteiger partial charge in [0.15, 0.2) is 0 Å². The van der Waals surface area contributed by atoms with E-state index >= 15 is 0 Å². The number of unbranched alkanes of at least 4 members (excludes halogenated alkanes) is 1. The molecule has 5 nitrogen and oxygen atoms in total. The molecular formula is C33H35ClF3N3O2. The van der Waals surface area contributed by atoms with E-state index < -0.39 is 24.5 Å². The molecular weight excluding hydrogens is 563 g/mol. The summed E-state index contributed by atoms with van der Waals surface area (Å²) in [5.41, 5.74) is 5.64. The minimum absolute atomic E-state index is 0.208. The number of amides is 2. The molecule has 1 unspecified atom stereocenters. The first-order valence-electron chi connectivity index (χ1n) is 14.5. The molecule has 5 rings (SSSR count). The van der Waals surface area contributed by atoms with Crippen molar-refractivity contribution < 1.29 is 22.8 Å². The number of hydrogen-bond donors (Lipinski definition) is 1. The standard InChI is InChI=1S/C33H35ClF3N3O2/c1-3-4-8-22-9-7-12-26-25-10-5-6-11-27(25)30(29(22)26)32(42)40(20-33(35,36)37)39-17-15-24(16-18-39)38-31(41)28-19-23(34)14-13-21(28)2/h5-7,9-14,19,24,30H,3-4,8,15-18,20H2,1-2H3,(H,38,41). The first-order valence-corrected chi connectivity index (χ1v) is 14.9. The summed E-state index contributed by atoms with van der Waals surface area (Å²) >= 11 is 6.08. The van der Waals surface area contributed by atoms with Crippen LogP contribution in [0.5, 0.6) is 0 Å². The lowest BCUT2D eigenvalue weighted by Gasteiger charge is -2.41. The van der Waals surface area contributed by atoms with Crippen molar-refractivity contribution in [1.29, 1.82) is 0 Å². The number of alkyl halides is 3. The normalized spacial score (nSPS) is 17.0. The van der Waals surface area contributed by atoms with E-state index in [1.165, 1.54) is 5.01 Å². The highest BCUT2D eigenvalue weighted by Crippen LogP contribution is 2.47. The molecule has 1 heterocycles. The van der Waals surface area contributed by atoms with Gasteiger partial charge in [0.25, 0.3) is 5.91 Å². The topological polar surface area (TPSA) is 52.7 Å². The third-order valence-electron chi connectivity index (χ3n) is 8.27. The molecule has 1 fully saturated rings.